The standard InChI is InChI=1S/C14H19N3O/c18-13(15-10-12-6-9-16-17-12)14(7-8-14)11-4-2-1-3-5-11/h1-5,12,16-17H,6-10H2,(H,15,18). The number of benzene rings is 1. The van der Waals surface area contributed by atoms with Gasteiger partial charge in [-0.25, -0.2) is 0 Å². The maximum absolute atomic E-state index is 12.3. The van der Waals surface area contributed by atoms with Crippen molar-refractivity contribution in [2.45, 2.75) is 30.7 Å². The van der Waals surface area contributed by atoms with Gasteiger partial charge >= 0.3 is 0 Å². The highest BCUT2D eigenvalue weighted by Crippen LogP contribution is 2.48. The fourth-order valence-corrected chi connectivity index (χ4v) is 2.60. The van der Waals surface area contributed by atoms with Crippen molar-refractivity contribution in [3.05, 3.63) is 35.9 Å². The minimum Gasteiger partial charge on any atom is -0.354 e. The van der Waals surface area contributed by atoms with Crippen LogP contribution in [0.5, 0.6) is 0 Å². The van der Waals surface area contributed by atoms with Gasteiger partial charge in [-0.3, -0.25) is 15.6 Å². The molecule has 18 heavy (non-hydrogen) atoms. The second-order valence-corrected chi connectivity index (χ2v) is 5.21. The Morgan fingerprint density at radius 2 is 2.11 bits per heavy atom. The van der Waals surface area contributed by atoms with Crippen molar-refractivity contribution in [2.24, 2.45) is 0 Å². The lowest BCUT2D eigenvalue weighted by molar-refractivity contribution is -0.123. The molecule has 0 spiro atoms. The van der Waals surface area contributed by atoms with E-state index in [2.05, 4.69) is 28.3 Å². The highest BCUT2D eigenvalue weighted by Gasteiger charge is 2.51. The Bertz CT molecular complexity index is 422. The van der Waals surface area contributed by atoms with E-state index in [1.54, 1.807) is 0 Å². The molecular formula is C14H19N3O. The Labute approximate surface area is 107 Å². The maximum Gasteiger partial charge on any atom is 0.230 e. The third-order valence-corrected chi connectivity index (χ3v) is 3.94. The number of rotatable bonds is 4. The summed E-state index contributed by atoms with van der Waals surface area (Å²) in [7, 11) is 0. The zero-order valence-electron chi connectivity index (χ0n) is 10.4. The summed E-state index contributed by atoms with van der Waals surface area (Å²) in [6.07, 6.45) is 3.01. The molecule has 1 aromatic rings. The first kappa shape index (κ1) is 11.7. The highest BCUT2D eigenvalue weighted by molar-refractivity contribution is 5.91. The second-order valence-electron chi connectivity index (χ2n) is 5.21. The maximum atomic E-state index is 12.3. The molecule has 2 aliphatic rings. The van der Waals surface area contributed by atoms with Gasteiger partial charge in [0.1, 0.15) is 0 Å². The summed E-state index contributed by atoms with van der Waals surface area (Å²) in [5.41, 5.74) is 7.15. The largest absolute Gasteiger partial charge is 0.354 e. The molecule has 1 saturated carbocycles. The van der Waals surface area contributed by atoms with E-state index in [0.29, 0.717) is 12.6 Å². The van der Waals surface area contributed by atoms with Crippen molar-refractivity contribution in [1.82, 2.24) is 16.2 Å². The van der Waals surface area contributed by atoms with E-state index in [1.807, 2.05) is 18.2 Å². The molecule has 1 saturated heterocycles. The molecule has 3 N–H and O–H groups in total. The van der Waals surface area contributed by atoms with Gasteiger partial charge in [-0.2, -0.15) is 0 Å². The first-order valence-corrected chi connectivity index (χ1v) is 6.63. The molecule has 4 heteroatoms. The van der Waals surface area contributed by atoms with Crippen LogP contribution in [0.4, 0.5) is 0 Å². The first-order chi connectivity index (χ1) is 8.81. The molecule has 96 valence electrons. The predicted octanol–water partition coefficient (Wildman–Crippen LogP) is 0.701. The van der Waals surface area contributed by atoms with E-state index in [4.69, 9.17) is 0 Å². The second kappa shape index (κ2) is 4.71. The van der Waals surface area contributed by atoms with Crippen molar-refractivity contribution in [3.63, 3.8) is 0 Å². The Morgan fingerprint density at radius 1 is 1.33 bits per heavy atom. The zero-order valence-corrected chi connectivity index (χ0v) is 10.4. The van der Waals surface area contributed by atoms with Crippen LogP contribution in [-0.4, -0.2) is 25.0 Å². The van der Waals surface area contributed by atoms with E-state index in [-0.39, 0.29) is 11.3 Å². The minimum atomic E-state index is -0.243. The lowest BCUT2D eigenvalue weighted by Crippen LogP contribution is -2.43. The number of hydrogen-bond acceptors (Lipinski definition) is 3. The summed E-state index contributed by atoms with van der Waals surface area (Å²) in [4.78, 5) is 12.3. The fourth-order valence-electron chi connectivity index (χ4n) is 2.60. The average molecular weight is 245 g/mol. The number of carbonyl (C=O) groups is 1. The molecule has 0 bridgehead atoms. The molecule has 1 unspecified atom stereocenters. The summed E-state index contributed by atoms with van der Waals surface area (Å²) in [5, 5.41) is 3.08. The SMILES string of the molecule is O=C(NCC1CCNN1)C1(c2ccccc2)CC1. The van der Waals surface area contributed by atoms with Gasteiger partial charge < -0.3 is 5.32 Å². The third kappa shape index (κ3) is 2.13. The van der Waals surface area contributed by atoms with Gasteiger partial charge in [-0.05, 0) is 24.8 Å². The van der Waals surface area contributed by atoms with Crippen LogP contribution in [0.2, 0.25) is 0 Å². The monoisotopic (exact) mass is 245 g/mol. The van der Waals surface area contributed by atoms with Crippen LogP contribution in [0, 0.1) is 0 Å². The summed E-state index contributed by atoms with van der Waals surface area (Å²) in [6, 6.07) is 10.5. The van der Waals surface area contributed by atoms with Crippen LogP contribution in [0.3, 0.4) is 0 Å². The van der Waals surface area contributed by atoms with Crippen LogP contribution < -0.4 is 16.2 Å². The van der Waals surface area contributed by atoms with Gasteiger partial charge in [0.15, 0.2) is 0 Å². The van der Waals surface area contributed by atoms with Crippen LogP contribution >= 0.6 is 0 Å². The Morgan fingerprint density at radius 3 is 2.72 bits per heavy atom. The normalized spacial score (nSPS) is 24.8. The molecule has 1 aliphatic carbocycles. The van der Waals surface area contributed by atoms with Gasteiger partial charge in [-0.15, -0.1) is 0 Å². The van der Waals surface area contributed by atoms with Gasteiger partial charge in [0.05, 0.1) is 5.41 Å². The average Bonchev–Trinajstić information content (AvgIpc) is 3.07. The molecule has 2 fully saturated rings. The lowest BCUT2D eigenvalue weighted by atomic mass is 9.95. The Kier molecular flexibility index (Phi) is 3.06. The smallest absolute Gasteiger partial charge is 0.230 e. The topological polar surface area (TPSA) is 53.2 Å². The molecule has 1 aromatic carbocycles. The number of hydrogen-bond donors (Lipinski definition) is 3. The van der Waals surface area contributed by atoms with E-state index >= 15 is 0 Å². The van der Waals surface area contributed by atoms with E-state index in [1.165, 1.54) is 0 Å². The summed E-state index contributed by atoms with van der Waals surface area (Å²) < 4.78 is 0. The zero-order chi connectivity index (χ0) is 12.4. The fraction of sp³-hybridized carbons (Fsp3) is 0.500. The molecule has 4 nitrogen and oxygen atoms in total. The molecule has 1 atom stereocenters. The molecule has 1 heterocycles. The van der Waals surface area contributed by atoms with Gasteiger partial charge in [0.2, 0.25) is 5.91 Å². The molecule has 3 rings (SSSR count). The summed E-state index contributed by atoms with van der Waals surface area (Å²) in [6.45, 7) is 1.69. The van der Waals surface area contributed by atoms with Gasteiger partial charge in [0.25, 0.3) is 0 Å². The number of nitrogens with one attached hydrogen (secondary N) is 3. The van der Waals surface area contributed by atoms with Crippen molar-refractivity contribution < 1.29 is 4.79 Å². The number of carbonyl (C=O) groups excluding carboxylic acids is 1. The minimum absolute atomic E-state index is 0.183. The van der Waals surface area contributed by atoms with Crippen LogP contribution in [-0.2, 0) is 10.2 Å². The van der Waals surface area contributed by atoms with Crippen molar-refractivity contribution in [1.29, 1.82) is 0 Å². The predicted molar refractivity (Wildman–Crippen MR) is 69.9 cm³/mol. The van der Waals surface area contributed by atoms with E-state index in [0.717, 1.165) is 31.4 Å². The van der Waals surface area contributed by atoms with E-state index < -0.39 is 0 Å². The summed E-state index contributed by atoms with van der Waals surface area (Å²) in [5.74, 6) is 0.183. The number of hydrazine groups is 1. The van der Waals surface area contributed by atoms with Crippen LogP contribution in [0.1, 0.15) is 24.8 Å². The molecule has 0 aromatic heterocycles. The molecule has 1 amide bonds. The lowest BCUT2D eigenvalue weighted by Gasteiger charge is -2.17. The molecular weight excluding hydrogens is 226 g/mol. The van der Waals surface area contributed by atoms with Gasteiger partial charge in [-0.1, -0.05) is 30.3 Å². The number of amides is 1. The quantitative estimate of drug-likeness (QED) is 0.732. The first-order valence-electron chi connectivity index (χ1n) is 6.63. The van der Waals surface area contributed by atoms with Crippen LogP contribution in [0.15, 0.2) is 30.3 Å². The molecule has 1 aliphatic heterocycles. The van der Waals surface area contributed by atoms with Crippen molar-refractivity contribution in [3.8, 4) is 0 Å². The Balaban J connectivity index is 1.62. The highest BCUT2D eigenvalue weighted by atomic mass is 16.2. The third-order valence-electron chi connectivity index (χ3n) is 3.94. The van der Waals surface area contributed by atoms with Crippen molar-refractivity contribution >= 4 is 5.91 Å². The Hall–Kier alpha value is -1.39. The van der Waals surface area contributed by atoms with E-state index in [9.17, 15) is 4.79 Å². The van der Waals surface area contributed by atoms with Gasteiger partial charge in [0, 0.05) is 19.1 Å². The molecule has 0 radical (unpaired) electrons. The summed E-state index contributed by atoms with van der Waals surface area (Å²) >= 11 is 0. The van der Waals surface area contributed by atoms with Crippen LogP contribution in [0.25, 0.3) is 0 Å². The van der Waals surface area contributed by atoms with Crippen molar-refractivity contribution in [2.75, 3.05) is 13.1 Å².